The molecule has 0 saturated carbocycles. The van der Waals surface area contributed by atoms with Crippen LogP contribution in [0, 0.1) is 0 Å². The average molecular weight is 421 g/mol. The van der Waals surface area contributed by atoms with Crippen molar-refractivity contribution in [2.45, 2.75) is 156 Å². The minimum absolute atomic E-state index is 1.19. The molecule has 0 N–H and O–H groups in total. The van der Waals surface area contributed by atoms with Crippen molar-refractivity contribution >= 4 is 0 Å². The molecule has 0 bridgehead atoms. The summed E-state index contributed by atoms with van der Waals surface area (Å²) < 4.78 is 0. The van der Waals surface area contributed by atoms with Gasteiger partial charge in [-0.25, -0.2) is 0 Å². The molecule has 0 heterocycles. The van der Waals surface area contributed by atoms with Gasteiger partial charge in [0.1, 0.15) is 0 Å². The molecule has 0 aliphatic carbocycles. The quantitative estimate of drug-likeness (QED) is 0.128. The predicted octanol–water partition coefficient (Wildman–Crippen LogP) is 11.8. The zero-order valence-corrected chi connectivity index (χ0v) is 21.7. The number of rotatable bonds is 21. The molecule has 0 rings (SSSR count). The van der Waals surface area contributed by atoms with Gasteiger partial charge < -0.3 is 0 Å². The Morgan fingerprint density at radius 3 is 0.767 bits per heavy atom. The van der Waals surface area contributed by atoms with E-state index >= 15 is 0 Å². The van der Waals surface area contributed by atoms with E-state index in [0.29, 0.717) is 0 Å². The first kappa shape index (κ1) is 33.8. The second-order valence-corrected chi connectivity index (χ2v) is 8.54. The van der Waals surface area contributed by atoms with Gasteiger partial charge in [0, 0.05) is 0 Å². The third-order valence-corrected chi connectivity index (χ3v) is 5.29. The van der Waals surface area contributed by atoms with Crippen LogP contribution in [0.2, 0.25) is 0 Å². The molecule has 180 valence electrons. The van der Waals surface area contributed by atoms with Gasteiger partial charge in [0.05, 0.1) is 0 Å². The molecular formula is C30H60. The van der Waals surface area contributed by atoms with Crippen molar-refractivity contribution in [1.29, 1.82) is 0 Å². The molecule has 30 heavy (non-hydrogen) atoms. The molecule has 0 aromatic rings. The largest absolute Gasteiger partial charge is 0.103 e. The maximum atomic E-state index is 3.72. The Labute approximate surface area is 193 Å². The maximum absolute atomic E-state index is 3.72. The summed E-state index contributed by atoms with van der Waals surface area (Å²) in [5.74, 6) is 0. The molecule has 0 spiro atoms. The fraction of sp³-hybridized carbons (Fsp3) is 0.800. The Bertz CT molecular complexity index is 288. The van der Waals surface area contributed by atoms with Crippen LogP contribution in [-0.2, 0) is 0 Å². The highest BCUT2D eigenvalue weighted by atomic mass is 14.0. The monoisotopic (exact) mass is 420 g/mol. The van der Waals surface area contributed by atoms with Crippen molar-refractivity contribution in [3.63, 3.8) is 0 Å². The van der Waals surface area contributed by atoms with Crippen LogP contribution in [-0.4, -0.2) is 0 Å². The summed E-state index contributed by atoms with van der Waals surface area (Å²) >= 11 is 0. The SMILES string of the molecule is C=CCCCCCC.C=CCCCCCCCC.C=CCCCCCCCCCC. The molecule has 0 saturated heterocycles. The Balaban J connectivity index is -0.000000372. The lowest BCUT2D eigenvalue weighted by molar-refractivity contribution is 0.578. The van der Waals surface area contributed by atoms with Gasteiger partial charge in [-0.1, -0.05) is 135 Å². The lowest BCUT2D eigenvalue weighted by Crippen LogP contribution is -1.79. The van der Waals surface area contributed by atoms with E-state index in [1.165, 1.54) is 135 Å². The van der Waals surface area contributed by atoms with Crippen molar-refractivity contribution in [1.82, 2.24) is 0 Å². The smallest absolute Gasteiger partial charge is 0.0353 e. The summed E-state index contributed by atoms with van der Waals surface area (Å²) in [6.07, 6.45) is 34.7. The topological polar surface area (TPSA) is 0 Å². The van der Waals surface area contributed by atoms with Crippen LogP contribution >= 0.6 is 0 Å². The summed E-state index contributed by atoms with van der Waals surface area (Å²) in [7, 11) is 0. The molecule has 0 aliphatic rings. The average Bonchev–Trinajstić information content (AvgIpc) is 2.77. The Morgan fingerprint density at radius 2 is 0.533 bits per heavy atom. The van der Waals surface area contributed by atoms with Gasteiger partial charge in [0.2, 0.25) is 0 Å². The highest BCUT2D eigenvalue weighted by Crippen LogP contribution is 2.09. The van der Waals surface area contributed by atoms with Crippen LogP contribution < -0.4 is 0 Å². The van der Waals surface area contributed by atoms with E-state index in [1.54, 1.807) is 0 Å². The van der Waals surface area contributed by atoms with Gasteiger partial charge in [0.25, 0.3) is 0 Å². The summed E-state index contributed by atoms with van der Waals surface area (Å²) in [6, 6.07) is 0. The van der Waals surface area contributed by atoms with Crippen molar-refractivity contribution in [2.24, 2.45) is 0 Å². The van der Waals surface area contributed by atoms with Crippen LogP contribution in [0.25, 0.3) is 0 Å². The summed E-state index contributed by atoms with van der Waals surface area (Å²) in [5.41, 5.74) is 0. The fourth-order valence-corrected chi connectivity index (χ4v) is 3.21. The molecule has 0 aromatic carbocycles. The van der Waals surface area contributed by atoms with E-state index in [1.807, 2.05) is 18.2 Å². The highest BCUT2D eigenvalue weighted by Gasteiger charge is 1.89. The van der Waals surface area contributed by atoms with Crippen LogP contribution in [0.5, 0.6) is 0 Å². The molecular weight excluding hydrogens is 360 g/mol. The van der Waals surface area contributed by atoms with Crippen LogP contribution in [0.4, 0.5) is 0 Å². The number of hydrogen-bond acceptors (Lipinski definition) is 0. The van der Waals surface area contributed by atoms with Crippen molar-refractivity contribution < 1.29 is 0 Å². The number of hydrogen-bond donors (Lipinski definition) is 0. The van der Waals surface area contributed by atoms with E-state index in [-0.39, 0.29) is 0 Å². The van der Waals surface area contributed by atoms with E-state index in [4.69, 9.17) is 0 Å². The third kappa shape index (κ3) is 45.8. The second kappa shape index (κ2) is 38.8. The molecule has 0 aliphatic heterocycles. The molecule has 0 atom stereocenters. The van der Waals surface area contributed by atoms with E-state index in [9.17, 15) is 0 Å². The van der Waals surface area contributed by atoms with Gasteiger partial charge in [-0.2, -0.15) is 0 Å². The first-order valence-electron chi connectivity index (χ1n) is 13.6. The first-order chi connectivity index (χ1) is 14.7. The third-order valence-electron chi connectivity index (χ3n) is 5.29. The minimum Gasteiger partial charge on any atom is -0.103 e. The van der Waals surface area contributed by atoms with E-state index in [2.05, 4.69) is 40.5 Å². The number of unbranched alkanes of at least 4 members (excludes halogenated alkanes) is 18. The standard InChI is InChI=1S/C12H24.C10H20.C8H16/c1-3-5-7-9-11-12-10-8-6-4-2;1-3-5-7-9-10-8-6-4-2;1-3-5-7-8-6-4-2/h3H,1,4-12H2,2H3;3H,1,4-10H2,2H3;3H,1,4-8H2,2H3. The van der Waals surface area contributed by atoms with E-state index in [0.717, 1.165) is 0 Å². The van der Waals surface area contributed by atoms with Crippen molar-refractivity contribution in [3.8, 4) is 0 Å². The molecule has 0 fully saturated rings. The summed E-state index contributed by atoms with van der Waals surface area (Å²) in [6.45, 7) is 17.8. The van der Waals surface area contributed by atoms with Crippen LogP contribution in [0.15, 0.2) is 38.0 Å². The zero-order chi connectivity index (χ0) is 23.0. The van der Waals surface area contributed by atoms with Gasteiger partial charge in [-0.3, -0.25) is 0 Å². The summed E-state index contributed by atoms with van der Waals surface area (Å²) in [4.78, 5) is 0. The van der Waals surface area contributed by atoms with Crippen LogP contribution in [0.3, 0.4) is 0 Å². The lowest BCUT2D eigenvalue weighted by Gasteiger charge is -1.99. The zero-order valence-electron chi connectivity index (χ0n) is 21.7. The van der Waals surface area contributed by atoms with Gasteiger partial charge in [-0.15, -0.1) is 19.7 Å². The number of allylic oxidation sites excluding steroid dienone is 3. The molecule has 0 amide bonds. The van der Waals surface area contributed by atoms with Gasteiger partial charge in [0.15, 0.2) is 0 Å². The molecule has 0 aromatic heterocycles. The normalized spacial score (nSPS) is 9.70. The van der Waals surface area contributed by atoms with Crippen LogP contribution in [0.1, 0.15) is 156 Å². The Morgan fingerprint density at radius 1 is 0.333 bits per heavy atom. The fourth-order valence-electron chi connectivity index (χ4n) is 3.21. The van der Waals surface area contributed by atoms with Crippen molar-refractivity contribution in [2.75, 3.05) is 0 Å². The maximum Gasteiger partial charge on any atom is -0.0353 e. The Hall–Kier alpha value is -0.780. The van der Waals surface area contributed by atoms with Gasteiger partial charge in [-0.05, 0) is 38.5 Å². The van der Waals surface area contributed by atoms with E-state index < -0.39 is 0 Å². The first-order valence-corrected chi connectivity index (χ1v) is 13.6. The molecule has 0 nitrogen and oxygen atoms in total. The molecule has 0 radical (unpaired) electrons. The van der Waals surface area contributed by atoms with Gasteiger partial charge >= 0.3 is 0 Å². The summed E-state index contributed by atoms with van der Waals surface area (Å²) in [5, 5.41) is 0. The lowest BCUT2D eigenvalue weighted by atomic mass is 10.1. The minimum atomic E-state index is 1.19. The van der Waals surface area contributed by atoms with Crippen molar-refractivity contribution in [3.05, 3.63) is 38.0 Å². The highest BCUT2D eigenvalue weighted by molar-refractivity contribution is 4.66. The Kier molecular flexibility index (Phi) is 43.8. The molecule has 0 unspecified atom stereocenters. The molecule has 0 heteroatoms. The predicted molar refractivity (Wildman–Crippen MR) is 145 cm³/mol. The second-order valence-electron chi connectivity index (χ2n) is 8.54.